The molecule has 0 spiro atoms. The fourth-order valence-corrected chi connectivity index (χ4v) is 1.80. The smallest absolute Gasteiger partial charge is 0.337 e. The van der Waals surface area contributed by atoms with Crippen LogP contribution in [0.4, 0.5) is 10.5 Å². The Morgan fingerprint density at radius 2 is 2.20 bits per heavy atom. The van der Waals surface area contributed by atoms with Gasteiger partial charge in [0.05, 0.1) is 17.1 Å². The Hall–Kier alpha value is -2.19. The highest BCUT2D eigenvalue weighted by Crippen LogP contribution is 2.20. The first-order chi connectivity index (χ1) is 9.49. The first-order valence-electron chi connectivity index (χ1n) is 6.01. The monoisotopic (exact) mass is 294 g/mol. The Bertz CT molecular complexity index is 552. The van der Waals surface area contributed by atoms with Gasteiger partial charge in [-0.25, -0.2) is 9.59 Å². The lowest BCUT2D eigenvalue weighted by atomic mass is 10.2. The zero-order valence-corrected chi connectivity index (χ0v) is 11.8. The van der Waals surface area contributed by atoms with Crippen LogP contribution in [0.25, 0.3) is 0 Å². The summed E-state index contributed by atoms with van der Waals surface area (Å²) in [6, 6.07) is 3.89. The van der Waals surface area contributed by atoms with Gasteiger partial charge in [0.2, 0.25) is 0 Å². The lowest BCUT2D eigenvalue weighted by Gasteiger charge is -2.20. The van der Waals surface area contributed by atoms with Gasteiger partial charge < -0.3 is 15.3 Å². The Morgan fingerprint density at radius 3 is 2.75 bits per heavy atom. The highest BCUT2D eigenvalue weighted by Gasteiger charge is 2.14. The average Bonchev–Trinajstić information content (AvgIpc) is 2.40. The van der Waals surface area contributed by atoms with Crippen molar-refractivity contribution in [2.45, 2.75) is 13.3 Å². The van der Waals surface area contributed by atoms with Crippen molar-refractivity contribution in [1.82, 2.24) is 4.90 Å². The van der Waals surface area contributed by atoms with Crippen LogP contribution in [0.5, 0.6) is 0 Å². The number of benzene rings is 1. The standard InChI is InChI=1S/C14H15ClN2O3/c1-3-7-17(8-4-2)14(20)16-10-5-6-12(15)11(9-10)13(18)19/h1,5-6,9H,4,7-8H2,2H3,(H,16,20)(H,18,19). The maximum absolute atomic E-state index is 12.0. The summed E-state index contributed by atoms with van der Waals surface area (Å²) in [5, 5.41) is 11.7. The van der Waals surface area contributed by atoms with Gasteiger partial charge in [0, 0.05) is 12.2 Å². The molecule has 106 valence electrons. The molecule has 0 aliphatic rings. The summed E-state index contributed by atoms with van der Waals surface area (Å²) in [5.74, 6) is 1.26. The van der Waals surface area contributed by atoms with Gasteiger partial charge in [-0.05, 0) is 24.6 Å². The van der Waals surface area contributed by atoms with E-state index in [1.54, 1.807) is 0 Å². The fourth-order valence-electron chi connectivity index (χ4n) is 1.60. The number of carboxylic acid groups (broad SMARTS) is 1. The summed E-state index contributed by atoms with van der Waals surface area (Å²) >= 11 is 5.76. The Morgan fingerprint density at radius 1 is 1.50 bits per heavy atom. The van der Waals surface area contributed by atoms with Gasteiger partial charge in [0.15, 0.2) is 0 Å². The number of carbonyl (C=O) groups is 2. The lowest BCUT2D eigenvalue weighted by molar-refractivity contribution is 0.0697. The SMILES string of the molecule is C#CCN(CCC)C(=O)Nc1ccc(Cl)c(C(=O)O)c1. The van der Waals surface area contributed by atoms with Crippen LogP contribution in [-0.2, 0) is 0 Å². The number of nitrogens with zero attached hydrogens (tertiary/aromatic N) is 1. The molecular formula is C14H15ClN2O3. The predicted molar refractivity (Wildman–Crippen MR) is 78.1 cm³/mol. The molecule has 0 radical (unpaired) electrons. The normalized spacial score (nSPS) is 9.65. The van der Waals surface area contributed by atoms with E-state index < -0.39 is 5.97 Å². The zero-order chi connectivity index (χ0) is 15.1. The summed E-state index contributed by atoms with van der Waals surface area (Å²) in [7, 11) is 0. The van der Waals surface area contributed by atoms with Crippen molar-refractivity contribution >= 4 is 29.3 Å². The summed E-state index contributed by atoms with van der Waals surface area (Å²) in [6.07, 6.45) is 5.98. The summed E-state index contributed by atoms with van der Waals surface area (Å²) < 4.78 is 0. The minimum atomic E-state index is -1.15. The van der Waals surface area contributed by atoms with E-state index in [9.17, 15) is 9.59 Å². The first kappa shape index (κ1) is 15.9. The number of anilines is 1. The number of amides is 2. The molecule has 0 unspecified atom stereocenters. The molecule has 0 heterocycles. The fraction of sp³-hybridized carbons (Fsp3) is 0.286. The van der Waals surface area contributed by atoms with E-state index in [0.29, 0.717) is 12.2 Å². The van der Waals surface area contributed by atoms with Crippen LogP contribution in [0.2, 0.25) is 5.02 Å². The van der Waals surface area contributed by atoms with Gasteiger partial charge in [-0.2, -0.15) is 0 Å². The number of hydrogen-bond acceptors (Lipinski definition) is 2. The third kappa shape index (κ3) is 4.18. The van der Waals surface area contributed by atoms with Crippen LogP contribution >= 0.6 is 11.6 Å². The molecular weight excluding hydrogens is 280 g/mol. The quantitative estimate of drug-likeness (QED) is 0.820. The van der Waals surface area contributed by atoms with E-state index in [1.807, 2.05) is 6.92 Å². The second kappa shape index (κ2) is 7.41. The average molecular weight is 295 g/mol. The van der Waals surface area contributed by atoms with Gasteiger partial charge in [-0.1, -0.05) is 24.4 Å². The molecule has 0 bridgehead atoms. The van der Waals surface area contributed by atoms with Gasteiger partial charge >= 0.3 is 12.0 Å². The van der Waals surface area contributed by atoms with E-state index in [4.69, 9.17) is 23.1 Å². The summed E-state index contributed by atoms with van der Waals surface area (Å²) in [5.41, 5.74) is 0.290. The minimum Gasteiger partial charge on any atom is -0.478 e. The number of rotatable bonds is 5. The maximum Gasteiger partial charge on any atom is 0.337 e. The van der Waals surface area contributed by atoms with E-state index in [-0.39, 0.29) is 23.2 Å². The molecule has 0 fully saturated rings. The van der Waals surface area contributed by atoms with Crippen LogP contribution in [0.15, 0.2) is 18.2 Å². The summed E-state index contributed by atoms with van der Waals surface area (Å²) in [4.78, 5) is 24.4. The van der Waals surface area contributed by atoms with Crippen molar-refractivity contribution in [3.05, 3.63) is 28.8 Å². The molecule has 0 atom stereocenters. The highest BCUT2D eigenvalue weighted by atomic mass is 35.5. The van der Waals surface area contributed by atoms with Crippen molar-refractivity contribution in [2.24, 2.45) is 0 Å². The Balaban J connectivity index is 2.87. The van der Waals surface area contributed by atoms with Gasteiger partial charge in [0.1, 0.15) is 0 Å². The number of urea groups is 1. The minimum absolute atomic E-state index is 0.0662. The second-order valence-electron chi connectivity index (χ2n) is 4.06. The topological polar surface area (TPSA) is 69.6 Å². The van der Waals surface area contributed by atoms with Crippen LogP contribution in [0, 0.1) is 12.3 Å². The molecule has 0 saturated carbocycles. The largest absolute Gasteiger partial charge is 0.478 e. The number of aromatic carboxylic acids is 1. The molecule has 5 nitrogen and oxygen atoms in total. The molecule has 0 aliphatic carbocycles. The molecule has 1 aromatic rings. The maximum atomic E-state index is 12.0. The van der Waals surface area contributed by atoms with Crippen molar-refractivity contribution in [3.8, 4) is 12.3 Å². The second-order valence-corrected chi connectivity index (χ2v) is 4.46. The van der Waals surface area contributed by atoms with Crippen LogP contribution in [-0.4, -0.2) is 35.1 Å². The summed E-state index contributed by atoms with van der Waals surface area (Å²) in [6.45, 7) is 2.65. The van der Waals surface area contributed by atoms with Crippen molar-refractivity contribution in [1.29, 1.82) is 0 Å². The zero-order valence-electron chi connectivity index (χ0n) is 11.0. The van der Waals surface area contributed by atoms with Crippen molar-refractivity contribution in [2.75, 3.05) is 18.4 Å². The number of hydrogen-bond donors (Lipinski definition) is 2. The number of carbonyl (C=O) groups excluding carboxylic acids is 1. The third-order valence-corrected chi connectivity index (χ3v) is 2.84. The van der Waals surface area contributed by atoms with Crippen LogP contribution < -0.4 is 5.32 Å². The van der Waals surface area contributed by atoms with E-state index in [1.165, 1.54) is 23.1 Å². The molecule has 1 aromatic carbocycles. The molecule has 2 N–H and O–H groups in total. The van der Waals surface area contributed by atoms with Gasteiger partial charge in [0.25, 0.3) is 0 Å². The molecule has 2 amide bonds. The number of carboxylic acids is 1. The molecule has 0 saturated heterocycles. The molecule has 1 rings (SSSR count). The van der Waals surface area contributed by atoms with E-state index in [2.05, 4.69) is 11.2 Å². The highest BCUT2D eigenvalue weighted by molar-refractivity contribution is 6.33. The Labute approximate surface area is 122 Å². The molecule has 6 heteroatoms. The number of terminal acetylenes is 1. The number of nitrogens with one attached hydrogen (secondary N) is 1. The predicted octanol–water partition coefficient (Wildman–Crippen LogP) is 2.92. The van der Waals surface area contributed by atoms with Gasteiger partial charge in [-0.3, -0.25) is 0 Å². The Kier molecular flexibility index (Phi) is 5.88. The van der Waals surface area contributed by atoms with Gasteiger partial charge in [-0.15, -0.1) is 6.42 Å². The molecule has 20 heavy (non-hydrogen) atoms. The lowest BCUT2D eigenvalue weighted by Crippen LogP contribution is -2.35. The van der Waals surface area contributed by atoms with Crippen molar-refractivity contribution < 1.29 is 14.7 Å². The van der Waals surface area contributed by atoms with Crippen molar-refractivity contribution in [3.63, 3.8) is 0 Å². The van der Waals surface area contributed by atoms with E-state index in [0.717, 1.165) is 6.42 Å². The first-order valence-corrected chi connectivity index (χ1v) is 6.39. The van der Waals surface area contributed by atoms with Crippen LogP contribution in [0.3, 0.4) is 0 Å². The number of halogens is 1. The molecule has 0 aliphatic heterocycles. The third-order valence-electron chi connectivity index (χ3n) is 2.51. The van der Waals surface area contributed by atoms with E-state index >= 15 is 0 Å². The van der Waals surface area contributed by atoms with Crippen LogP contribution in [0.1, 0.15) is 23.7 Å². The molecule has 0 aromatic heterocycles.